The lowest BCUT2D eigenvalue weighted by atomic mass is 9.93. The second kappa shape index (κ2) is 8.42. The van der Waals surface area contributed by atoms with Crippen LogP contribution in [0.4, 0.5) is 4.79 Å². The monoisotopic (exact) mass is 341 g/mol. The van der Waals surface area contributed by atoms with Crippen molar-refractivity contribution >= 4 is 30.9 Å². The zero-order valence-corrected chi connectivity index (χ0v) is 14.8. The number of carbonyl (C=O) groups excluding carboxylic acids is 1. The number of piperidine rings is 1. The minimum Gasteiger partial charge on any atom is -0.444 e. The summed E-state index contributed by atoms with van der Waals surface area (Å²) in [7, 11) is 0. The van der Waals surface area contributed by atoms with Gasteiger partial charge in [-0.2, -0.15) is 0 Å². The number of nitrogens with zero attached hydrogens (tertiary/aromatic N) is 2. The molecule has 0 aromatic rings. The third kappa shape index (κ3) is 5.81. The Bertz CT molecular complexity index is 323. The average molecular weight is 342 g/mol. The molecule has 0 spiro atoms. The molecule has 21 heavy (non-hydrogen) atoms. The molecule has 2 aliphatic heterocycles. The van der Waals surface area contributed by atoms with Crippen molar-refractivity contribution in [2.45, 2.75) is 45.3 Å². The summed E-state index contributed by atoms with van der Waals surface area (Å²) in [5, 5.41) is 0. The van der Waals surface area contributed by atoms with Gasteiger partial charge in [0, 0.05) is 32.2 Å². The molecule has 0 unspecified atom stereocenters. The van der Waals surface area contributed by atoms with Gasteiger partial charge >= 0.3 is 6.09 Å². The van der Waals surface area contributed by atoms with Crippen molar-refractivity contribution in [2.75, 3.05) is 32.7 Å². The van der Waals surface area contributed by atoms with Crippen molar-refractivity contribution in [3.8, 4) is 0 Å². The van der Waals surface area contributed by atoms with Crippen LogP contribution in [0.3, 0.4) is 0 Å². The van der Waals surface area contributed by atoms with Crippen LogP contribution in [-0.4, -0.2) is 60.3 Å². The Hall–Kier alpha value is -0.230. The summed E-state index contributed by atoms with van der Waals surface area (Å²) in [6.07, 6.45) is 1.93. The molecular weight excluding hydrogens is 313 g/mol. The van der Waals surface area contributed by atoms with Gasteiger partial charge in [-0.05, 0) is 46.1 Å². The van der Waals surface area contributed by atoms with E-state index in [0.717, 1.165) is 45.6 Å². The number of likely N-dealkylation sites (tertiary alicyclic amines) is 2. The molecule has 2 fully saturated rings. The van der Waals surface area contributed by atoms with Crippen molar-refractivity contribution in [1.29, 1.82) is 0 Å². The van der Waals surface area contributed by atoms with Crippen LogP contribution in [0.15, 0.2) is 0 Å². The highest BCUT2D eigenvalue weighted by atomic mass is 35.5. The van der Waals surface area contributed by atoms with Crippen LogP contribution in [0, 0.1) is 5.92 Å². The molecule has 2 saturated heterocycles. The predicted octanol–water partition coefficient (Wildman–Crippen LogP) is 2.12. The van der Waals surface area contributed by atoms with Gasteiger partial charge in [-0.25, -0.2) is 4.79 Å². The summed E-state index contributed by atoms with van der Waals surface area (Å²) in [5.74, 6) is 0.684. The van der Waals surface area contributed by atoms with Crippen LogP contribution >= 0.6 is 24.8 Å². The SMILES string of the molecule is CC(C)(C)OC(=O)N1CCC(N2CC(CN)C2)CC1.Cl.Cl. The van der Waals surface area contributed by atoms with Gasteiger partial charge in [0.1, 0.15) is 5.60 Å². The number of amides is 1. The Balaban J connectivity index is 0.00000200. The van der Waals surface area contributed by atoms with Crippen LogP contribution in [0.1, 0.15) is 33.6 Å². The molecule has 2 aliphatic rings. The van der Waals surface area contributed by atoms with Gasteiger partial charge in [-0.15, -0.1) is 24.8 Å². The Morgan fingerprint density at radius 3 is 2.14 bits per heavy atom. The van der Waals surface area contributed by atoms with E-state index in [1.807, 2.05) is 25.7 Å². The van der Waals surface area contributed by atoms with Gasteiger partial charge in [-0.3, -0.25) is 4.90 Å². The molecule has 0 atom stereocenters. The summed E-state index contributed by atoms with van der Waals surface area (Å²) in [4.78, 5) is 16.3. The molecule has 0 saturated carbocycles. The third-order valence-corrected chi connectivity index (χ3v) is 3.95. The van der Waals surface area contributed by atoms with Gasteiger partial charge < -0.3 is 15.4 Å². The van der Waals surface area contributed by atoms with Crippen LogP contribution in [0.2, 0.25) is 0 Å². The molecule has 0 radical (unpaired) electrons. The first-order chi connectivity index (χ1) is 8.89. The maximum atomic E-state index is 11.9. The lowest BCUT2D eigenvalue weighted by Crippen LogP contribution is -2.57. The molecule has 5 nitrogen and oxygen atoms in total. The summed E-state index contributed by atoms with van der Waals surface area (Å²) < 4.78 is 5.40. The number of hydrogen-bond acceptors (Lipinski definition) is 4. The standard InChI is InChI=1S/C14H27N3O2.2ClH/c1-14(2,3)19-13(18)16-6-4-12(5-7-16)17-9-11(8-15)10-17;;/h11-12H,4-10,15H2,1-3H3;2*1H. The van der Waals surface area contributed by atoms with Crippen molar-refractivity contribution in [1.82, 2.24) is 9.80 Å². The smallest absolute Gasteiger partial charge is 0.410 e. The van der Waals surface area contributed by atoms with Crippen LogP contribution in [0.5, 0.6) is 0 Å². The molecule has 0 aromatic carbocycles. The first kappa shape index (κ1) is 20.8. The van der Waals surface area contributed by atoms with E-state index in [4.69, 9.17) is 10.5 Å². The lowest BCUT2D eigenvalue weighted by Gasteiger charge is -2.46. The molecule has 0 aromatic heterocycles. The number of nitrogens with two attached hydrogens (primary N) is 1. The number of hydrogen-bond donors (Lipinski definition) is 1. The van der Waals surface area contributed by atoms with Gasteiger partial charge in [0.25, 0.3) is 0 Å². The minimum atomic E-state index is -0.403. The molecule has 2 N–H and O–H groups in total. The van der Waals surface area contributed by atoms with Crippen molar-refractivity contribution in [3.63, 3.8) is 0 Å². The molecule has 126 valence electrons. The van der Waals surface area contributed by atoms with Crippen LogP contribution in [0.25, 0.3) is 0 Å². The zero-order valence-electron chi connectivity index (χ0n) is 13.2. The van der Waals surface area contributed by atoms with E-state index < -0.39 is 5.60 Å². The quantitative estimate of drug-likeness (QED) is 0.835. The van der Waals surface area contributed by atoms with E-state index in [2.05, 4.69) is 4.90 Å². The van der Waals surface area contributed by atoms with E-state index in [-0.39, 0.29) is 30.9 Å². The van der Waals surface area contributed by atoms with Gasteiger partial charge in [0.2, 0.25) is 0 Å². The molecule has 1 amide bonds. The number of halogens is 2. The lowest BCUT2D eigenvalue weighted by molar-refractivity contribution is -0.00119. The highest BCUT2D eigenvalue weighted by Crippen LogP contribution is 2.25. The van der Waals surface area contributed by atoms with E-state index in [0.29, 0.717) is 12.0 Å². The van der Waals surface area contributed by atoms with Crippen molar-refractivity contribution in [2.24, 2.45) is 11.7 Å². The maximum absolute atomic E-state index is 11.9. The van der Waals surface area contributed by atoms with Crippen molar-refractivity contribution < 1.29 is 9.53 Å². The topological polar surface area (TPSA) is 58.8 Å². The number of ether oxygens (including phenoxy) is 1. The fourth-order valence-electron chi connectivity index (χ4n) is 2.80. The Labute approximate surface area is 140 Å². The van der Waals surface area contributed by atoms with Crippen LogP contribution < -0.4 is 5.73 Å². The first-order valence-corrected chi connectivity index (χ1v) is 7.31. The molecular formula is C14H29Cl2N3O2. The van der Waals surface area contributed by atoms with Crippen LogP contribution in [-0.2, 0) is 4.74 Å². The summed E-state index contributed by atoms with van der Waals surface area (Å²) >= 11 is 0. The normalized spacial score (nSPS) is 21.0. The Morgan fingerprint density at radius 2 is 1.71 bits per heavy atom. The number of rotatable bonds is 2. The Morgan fingerprint density at radius 1 is 1.19 bits per heavy atom. The molecule has 2 rings (SSSR count). The number of carbonyl (C=O) groups is 1. The molecule has 0 aliphatic carbocycles. The largest absolute Gasteiger partial charge is 0.444 e. The molecule has 7 heteroatoms. The first-order valence-electron chi connectivity index (χ1n) is 7.31. The average Bonchev–Trinajstić information content (AvgIpc) is 2.26. The molecule has 2 heterocycles. The zero-order chi connectivity index (χ0) is 14.0. The van der Waals surface area contributed by atoms with Gasteiger partial charge in [0.05, 0.1) is 0 Å². The third-order valence-electron chi connectivity index (χ3n) is 3.95. The minimum absolute atomic E-state index is 0. The fourth-order valence-corrected chi connectivity index (χ4v) is 2.80. The summed E-state index contributed by atoms with van der Waals surface area (Å²) in [6, 6.07) is 0.626. The second-order valence-electron chi connectivity index (χ2n) is 6.75. The van der Waals surface area contributed by atoms with E-state index >= 15 is 0 Å². The summed E-state index contributed by atoms with van der Waals surface area (Å²) in [5.41, 5.74) is 5.25. The summed E-state index contributed by atoms with van der Waals surface area (Å²) in [6.45, 7) is 10.4. The van der Waals surface area contributed by atoms with Crippen molar-refractivity contribution in [3.05, 3.63) is 0 Å². The maximum Gasteiger partial charge on any atom is 0.410 e. The van der Waals surface area contributed by atoms with E-state index in [1.54, 1.807) is 0 Å². The second-order valence-corrected chi connectivity index (χ2v) is 6.75. The van der Waals surface area contributed by atoms with E-state index in [1.165, 1.54) is 0 Å². The highest BCUT2D eigenvalue weighted by molar-refractivity contribution is 5.85. The fraction of sp³-hybridized carbons (Fsp3) is 0.929. The molecule has 0 bridgehead atoms. The predicted molar refractivity (Wildman–Crippen MR) is 89.4 cm³/mol. The van der Waals surface area contributed by atoms with Gasteiger partial charge in [-0.1, -0.05) is 0 Å². The Kier molecular flexibility index (Phi) is 8.32. The highest BCUT2D eigenvalue weighted by Gasteiger charge is 2.34. The van der Waals surface area contributed by atoms with Gasteiger partial charge in [0.15, 0.2) is 0 Å². The van der Waals surface area contributed by atoms with E-state index in [9.17, 15) is 4.79 Å².